The van der Waals surface area contributed by atoms with Crippen molar-refractivity contribution in [2.75, 3.05) is 18.4 Å². The van der Waals surface area contributed by atoms with Crippen molar-refractivity contribution in [2.45, 2.75) is 46.1 Å². The van der Waals surface area contributed by atoms with E-state index in [1.54, 1.807) is 6.20 Å². The first-order chi connectivity index (χ1) is 8.94. The van der Waals surface area contributed by atoms with Gasteiger partial charge in [0.2, 0.25) is 5.91 Å². The van der Waals surface area contributed by atoms with Crippen LogP contribution in [0.15, 0.2) is 12.4 Å². The van der Waals surface area contributed by atoms with Crippen molar-refractivity contribution in [1.29, 1.82) is 0 Å². The molecule has 106 valence electrons. The Kier molecular flexibility index (Phi) is 4.24. The van der Waals surface area contributed by atoms with Crippen LogP contribution in [-0.4, -0.2) is 28.8 Å². The Morgan fingerprint density at radius 3 is 2.79 bits per heavy atom. The largest absolute Gasteiger partial charge is 0.323 e. The molecule has 0 radical (unpaired) electrons. The molecular weight excluding hydrogens is 240 g/mol. The van der Waals surface area contributed by atoms with Gasteiger partial charge in [0.15, 0.2) is 0 Å². The quantitative estimate of drug-likeness (QED) is 0.879. The van der Waals surface area contributed by atoms with Gasteiger partial charge in [-0.1, -0.05) is 20.8 Å². The molecule has 1 aromatic rings. The highest BCUT2D eigenvalue weighted by molar-refractivity contribution is 5.90. The van der Waals surface area contributed by atoms with Gasteiger partial charge in [-0.25, -0.2) is 0 Å². The van der Waals surface area contributed by atoms with Gasteiger partial charge in [0.05, 0.1) is 17.9 Å². The van der Waals surface area contributed by atoms with Crippen molar-refractivity contribution in [3.8, 4) is 0 Å². The summed E-state index contributed by atoms with van der Waals surface area (Å²) < 4.78 is 1.98. The van der Waals surface area contributed by atoms with Gasteiger partial charge in [-0.3, -0.25) is 9.48 Å². The lowest BCUT2D eigenvalue weighted by molar-refractivity contribution is -0.117. The van der Waals surface area contributed by atoms with Crippen molar-refractivity contribution in [2.24, 2.45) is 5.41 Å². The van der Waals surface area contributed by atoms with Gasteiger partial charge >= 0.3 is 0 Å². The number of aromatic nitrogens is 2. The Hall–Kier alpha value is -1.36. The fourth-order valence-corrected chi connectivity index (χ4v) is 2.36. The molecule has 2 N–H and O–H groups in total. The summed E-state index contributed by atoms with van der Waals surface area (Å²) >= 11 is 0. The molecule has 2 rings (SSSR count). The molecule has 0 aromatic carbocycles. The van der Waals surface area contributed by atoms with Crippen molar-refractivity contribution in [1.82, 2.24) is 15.1 Å². The highest BCUT2D eigenvalue weighted by atomic mass is 16.1. The zero-order valence-electron chi connectivity index (χ0n) is 12.1. The standard InChI is InChI=1S/C14H24N4O/c1-14(2,3)8-13(19)17-11-9-16-18(10-11)12-4-6-15-7-5-12/h9-10,12,15H,4-8H2,1-3H3,(H,17,19). The summed E-state index contributed by atoms with van der Waals surface area (Å²) in [4.78, 5) is 11.9. The van der Waals surface area contributed by atoms with Gasteiger partial charge in [0, 0.05) is 12.6 Å². The molecule has 1 amide bonds. The molecule has 1 aliphatic heterocycles. The second-order valence-corrected chi connectivity index (χ2v) is 6.48. The van der Waals surface area contributed by atoms with E-state index >= 15 is 0 Å². The fraction of sp³-hybridized carbons (Fsp3) is 0.714. The van der Waals surface area contributed by atoms with Gasteiger partial charge < -0.3 is 10.6 Å². The third kappa shape index (κ3) is 4.35. The summed E-state index contributed by atoms with van der Waals surface area (Å²) in [5, 5.41) is 10.6. The molecule has 1 aromatic heterocycles. The van der Waals surface area contributed by atoms with Crippen LogP contribution in [0.3, 0.4) is 0 Å². The number of anilines is 1. The highest BCUT2D eigenvalue weighted by Crippen LogP contribution is 2.21. The number of nitrogens with zero attached hydrogens (tertiary/aromatic N) is 2. The van der Waals surface area contributed by atoms with Crippen LogP contribution in [0.25, 0.3) is 0 Å². The first-order valence-corrected chi connectivity index (χ1v) is 6.99. The minimum Gasteiger partial charge on any atom is -0.323 e. The zero-order chi connectivity index (χ0) is 13.9. The Morgan fingerprint density at radius 1 is 1.47 bits per heavy atom. The normalized spacial score (nSPS) is 17.4. The number of rotatable bonds is 3. The number of carbonyl (C=O) groups is 1. The number of amides is 1. The van der Waals surface area contributed by atoms with E-state index in [0.717, 1.165) is 31.6 Å². The van der Waals surface area contributed by atoms with E-state index in [4.69, 9.17) is 0 Å². The molecule has 1 saturated heterocycles. The third-order valence-electron chi connectivity index (χ3n) is 3.26. The van der Waals surface area contributed by atoms with Crippen molar-refractivity contribution < 1.29 is 4.79 Å². The average molecular weight is 264 g/mol. The second-order valence-electron chi connectivity index (χ2n) is 6.48. The van der Waals surface area contributed by atoms with Gasteiger partial charge in [0.25, 0.3) is 0 Å². The van der Waals surface area contributed by atoms with Crippen molar-refractivity contribution in [3.05, 3.63) is 12.4 Å². The Morgan fingerprint density at radius 2 is 2.16 bits per heavy atom. The first-order valence-electron chi connectivity index (χ1n) is 6.99. The third-order valence-corrected chi connectivity index (χ3v) is 3.26. The van der Waals surface area contributed by atoms with E-state index in [2.05, 4.69) is 36.5 Å². The molecular formula is C14H24N4O. The van der Waals surface area contributed by atoms with Crippen LogP contribution in [0.5, 0.6) is 0 Å². The minimum absolute atomic E-state index is 0.00904. The van der Waals surface area contributed by atoms with E-state index < -0.39 is 0 Å². The first kappa shape index (κ1) is 14.1. The van der Waals surface area contributed by atoms with E-state index in [1.165, 1.54) is 0 Å². The maximum atomic E-state index is 11.9. The van der Waals surface area contributed by atoms with Crippen molar-refractivity contribution >= 4 is 11.6 Å². The Balaban J connectivity index is 1.91. The summed E-state index contributed by atoms with van der Waals surface area (Å²) in [5.41, 5.74) is 0.808. The van der Waals surface area contributed by atoms with Crippen LogP contribution < -0.4 is 10.6 Å². The smallest absolute Gasteiger partial charge is 0.224 e. The Labute approximate surface area is 114 Å². The summed E-state index contributed by atoms with van der Waals surface area (Å²) in [6.07, 6.45) is 6.39. The van der Waals surface area contributed by atoms with Gasteiger partial charge in [-0.2, -0.15) is 5.10 Å². The molecule has 2 heterocycles. The lowest BCUT2D eigenvalue weighted by atomic mass is 9.92. The van der Waals surface area contributed by atoms with Crippen LogP contribution in [0.1, 0.15) is 46.1 Å². The summed E-state index contributed by atoms with van der Waals surface area (Å²) in [6.45, 7) is 8.26. The van der Waals surface area contributed by atoms with Crippen molar-refractivity contribution in [3.63, 3.8) is 0 Å². The molecule has 0 unspecified atom stereocenters. The molecule has 1 aliphatic rings. The second kappa shape index (κ2) is 5.74. The molecule has 0 aliphatic carbocycles. The average Bonchev–Trinajstić information content (AvgIpc) is 2.76. The Bertz CT molecular complexity index is 427. The van der Waals surface area contributed by atoms with E-state index in [1.807, 2.05) is 10.9 Å². The number of carbonyl (C=O) groups excluding carboxylic acids is 1. The van der Waals surface area contributed by atoms with Gasteiger partial charge in [0.1, 0.15) is 0 Å². The lowest BCUT2D eigenvalue weighted by Crippen LogP contribution is -2.29. The highest BCUT2D eigenvalue weighted by Gasteiger charge is 2.18. The van der Waals surface area contributed by atoms with Crippen LogP contribution in [0.4, 0.5) is 5.69 Å². The summed E-state index contributed by atoms with van der Waals surface area (Å²) in [6, 6.07) is 0.453. The monoisotopic (exact) mass is 264 g/mol. The maximum absolute atomic E-state index is 11.9. The molecule has 19 heavy (non-hydrogen) atoms. The molecule has 0 spiro atoms. The molecule has 0 bridgehead atoms. The SMILES string of the molecule is CC(C)(C)CC(=O)Nc1cnn(C2CCNCC2)c1. The summed E-state index contributed by atoms with van der Waals surface area (Å²) in [5.74, 6) is 0.0531. The van der Waals surface area contributed by atoms with E-state index in [0.29, 0.717) is 12.5 Å². The number of piperidine rings is 1. The lowest BCUT2D eigenvalue weighted by Gasteiger charge is -2.22. The molecule has 0 saturated carbocycles. The number of nitrogens with one attached hydrogen (secondary N) is 2. The van der Waals surface area contributed by atoms with Crippen LogP contribution in [-0.2, 0) is 4.79 Å². The number of hydrogen-bond acceptors (Lipinski definition) is 3. The number of hydrogen-bond donors (Lipinski definition) is 2. The van der Waals surface area contributed by atoms with Crippen LogP contribution in [0, 0.1) is 5.41 Å². The van der Waals surface area contributed by atoms with Gasteiger partial charge in [-0.15, -0.1) is 0 Å². The molecule has 1 fully saturated rings. The van der Waals surface area contributed by atoms with E-state index in [-0.39, 0.29) is 11.3 Å². The topological polar surface area (TPSA) is 59.0 Å². The molecule has 0 atom stereocenters. The predicted octanol–water partition coefficient (Wildman–Crippen LogP) is 2.18. The predicted molar refractivity (Wildman–Crippen MR) is 76.1 cm³/mol. The summed E-state index contributed by atoms with van der Waals surface area (Å²) in [7, 11) is 0. The van der Waals surface area contributed by atoms with Gasteiger partial charge in [-0.05, 0) is 31.3 Å². The molecule has 5 heteroatoms. The minimum atomic E-state index is 0.00904. The van der Waals surface area contributed by atoms with Crippen LogP contribution >= 0.6 is 0 Å². The van der Waals surface area contributed by atoms with Crippen LogP contribution in [0.2, 0.25) is 0 Å². The molecule has 5 nitrogen and oxygen atoms in total. The van der Waals surface area contributed by atoms with E-state index in [9.17, 15) is 4.79 Å². The fourth-order valence-electron chi connectivity index (χ4n) is 2.36. The maximum Gasteiger partial charge on any atom is 0.224 e. The zero-order valence-corrected chi connectivity index (χ0v) is 12.1.